The zero-order valence-electron chi connectivity index (χ0n) is 15.8. The molecule has 5 heteroatoms. The second kappa shape index (κ2) is 8.37. The molecule has 6 rings (SSSR count). The number of hydrogen-bond acceptors (Lipinski definition) is 4. The Balaban J connectivity index is 0.000000137. The van der Waals surface area contributed by atoms with Gasteiger partial charge in [0.25, 0.3) is 0 Å². The van der Waals surface area contributed by atoms with Gasteiger partial charge in [0.1, 0.15) is 12.7 Å². The third-order valence-electron chi connectivity index (χ3n) is 5.12. The molecule has 29 heavy (non-hydrogen) atoms. The summed E-state index contributed by atoms with van der Waals surface area (Å²) in [5, 5.41) is 3.50. The lowest BCUT2D eigenvalue weighted by Crippen LogP contribution is -2.05. The van der Waals surface area contributed by atoms with Gasteiger partial charge in [-0.1, -0.05) is 60.7 Å². The molecule has 1 aliphatic carbocycles. The van der Waals surface area contributed by atoms with Crippen molar-refractivity contribution in [2.75, 3.05) is 0 Å². The number of aromatic nitrogens is 4. The van der Waals surface area contributed by atoms with Gasteiger partial charge in [-0.2, -0.15) is 13.5 Å². The van der Waals surface area contributed by atoms with E-state index in [4.69, 9.17) is 0 Å². The van der Waals surface area contributed by atoms with Gasteiger partial charge in [0, 0.05) is 28.7 Å². The standard InChI is InChI=1S/C12H10N2.C12H8N2.H2S/c2*1-2-4-11-9(3-1)5-6-10-7-13-8-14-12(10)11;/h1-4,7-8H,5-6H2;1-8H;1H2. The topological polar surface area (TPSA) is 51.6 Å². The first-order valence-electron chi connectivity index (χ1n) is 9.35. The summed E-state index contributed by atoms with van der Waals surface area (Å²) in [7, 11) is 0. The molecule has 0 amide bonds. The third kappa shape index (κ3) is 3.69. The normalized spacial score (nSPS) is 11.6. The highest BCUT2D eigenvalue weighted by Gasteiger charge is 2.15. The molecule has 0 saturated carbocycles. The Hall–Kier alpha value is -3.31. The number of nitrogens with zero attached hydrogens (tertiary/aromatic N) is 4. The van der Waals surface area contributed by atoms with Crippen molar-refractivity contribution >= 4 is 35.2 Å². The Bertz CT molecular complexity index is 1190. The highest BCUT2D eigenvalue weighted by atomic mass is 32.1. The van der Waals surface area contributed by atoms with Crippen LogP contribution in [0.1, 0.15) is 11.1 Å². The maximum absolute atomic E-state index is 4.35. The summed E-state index contributed by atoms with van der Waals surface area (Å²) >= 11 is 0. The Morgan fingerprint density at radius 3 is 2.31 bits per heavy atom. The van der Waals surface area contributed by atoms with Crippen LogP contribution in [0.15, 0.2) is 85.7 Å². The van der Waals surface area contributed by atoms with Crippen LogP contribution in [-0.4, -0.2) is 19.9 Å². The molecule has 142 valence electrons. The fourth-order valence-corrected chi connectivity index (χ4v) is 3.75. The van der Waals surface area contributed by atoms with E-state index in [0.717, 1.165) is 29.4 Å². The molecule has 0 saturated heterocycles. The van der Waals surface area contributed by atoms with Crippen molar-refractivity contribution in [3.63, 3.8) is 0 Å². The predicted octanol–water partition coefficient (Wildman–Crippen LogP) is 5.14. The Kier molecular flexibility index (Phi) is 5.49. The van der Waals surface area contributed by atoms with E-state index in [1.807, 2.05) is 24.5 Å². The van der Waals surface area contributed by atoms with Crippen LogP contribution in [-0.2, 0) is 12.8 Å². The second-order valence-electron chi connectivity index (χ2n) is 6.80. The Labute approximate surface area is 176 Å². The molecule has 0 fully saturated rings. The monoisotopic (exact) mass is 396 g/mol. The van der Waals surface area contributed by atoms with E-state index in [0.29, 0.717) is 0 Å². The second-order valence-corrected chi connectivity index (χ2v) is 6.80. The Morgan fingerprint density at radius 2 is 1.34 bits per heavy atom. The van der Waals surface area contributed by atoms with Crippen LogP contribution in [0.25, 0.3) is 32.9 Å². The lowest BCUT2D eigenvalue weighted by Gasteiger charge is -2.17. The van der Waals surface area contributed by atoms with Crippen molar-refractivity contribution in [2.45, 2.75) is 12.8 Å². The van der Waals surface area contributed by atoms with E-state index in [9.17, 15) is 0 Å². The smallest absolute Gasteiger partial charge is 0.116 e. The van der Waals surface area contributed by atoms with Crippen LogP contribution in [0.4, 0.5) is 0 Å². The van der Waals surface area contributed by atoms with E-state index >= 15 is 0 Å². The summed E-state index contributed by atoms with van der Waals surface area (Å²) in [5.41, 5.74) is 6.08. The molecule has 0 spiro atoms. The van der Waals surface area contributed by atoms with Gasteiger partial charge in [0.15, 0.2) is 0 Å². The van der Waals surface area contributed by atoms with Gasteiger partial charge in [0.2, 0.25) is 0 Å². The highest BCUT2D eigenvalue weighted by Crippen LogP contribution is 2.30. The van der Waals surface area contributed by atoms with Gasteiger partial charge in [-0.05, 0) is 29.4 Å². The van der Waals surface area contributed by atoms with Crippen molar-refractivity contribution in [1.29, 1.82) is 0 Å². The molecule has 0 bridgehead atoms. The highest BCUT2D eigenvalue weighted by molar-refractivity contribution is 7.59. The minimum atomic E-state index is 0. The zero-order chi connectivity index (χ0) is 18.8. The van der Waals surface area contributed by atoms with Gasteiger partial charge in [0.05, 0.1) is 11.2 Å². The van der Waals surface area contributed by atoms with Gasteiger partial charge in [-0.25, -0.2) is 19.9 Å². The molecule has 0 aliphatic heterocycles. The van der Waals surface area contributed by atoms with Crippen molar-refractivity contribution in [3.8, 4) is 11.3 Å². The molecule has 4 nitrogen and oxygen atoms in total. The van der Waals surface area contributed by atoms with Crippen LogP contribution in [0.2, 0.25) is 0 Å². The lowest BCUT2D eigenvalue weighted by molar-refractivity contribution is 0.910. The minimum Gasteiger partial charge on any atom is -0.244 e. The average molecular weight is 397 g/mol. The fourth-order valence-electron chi connectivity index (χ4n) is 3.75. The van der Waals surface area contributed by atoms with Crippen molar-refractivity contribution in [2.24, 2.45) is 0 Å². The molecular weight excluding hydrogens is 376 g/mol. The molecule has 0 atom stereocenters. The molecule has 2 aromatic heterocycles. The van der Waals surface area contributed by atoms with E-state index in [2.05, 4.69) is 68.5 Å². The van der Waals surface area contributed by atoms with Gasteiger partial charge < -0.3 is 0 Å². The van der Waals surface area contributed by atoms with E-state index < -0.39 is 0 Å². The maximum atomic E-state index is 4.35. The van der Waals surface area contributed by atoms with Crippen LogP contribution < -0.4 is 0 Å². The molecule has 0 N–H and O–H groups in total. The van der Waals surface area contributed by atoms with Crippen molar-refractivity contribution < 1.29 is 0 Å². The summed E-state index contributed by atoms with van der Waals surface area (Å²) in [4.78, 5) is 16.7. The summed E-state index contributed by atoms with van der Waals surface area (Å²) < 4.78 is 0. The average Bonchev–Trinajstić information content (AvgIpc) is 2.79. The number of rotatable bonds is 0. The third-order valence-corrected chi connectivity index (χ3v) is 5.12. The predicted molar refractivity (Wildman–Crippen MR) is 122 cm³/mol. The molecule has 2 heterocycles. The van der Waals surface area contributed by atoms with Crippen LogP contribution in [0, 0.1) is 0 Å². The molecular formula is C24H20N4S. The molecule has 0 radical (unpaired) electrons. The number of fused-ring (bicyclic) bond motifs is 6. The Morgan fingerprint density at radius 1 is 0.621 bits per heavy atom. The summed E-state index contributed by atoms with van der Waals surface area (Å²) in [6.07, 6.45) is 9.16. The molecule has 5 aromatic rings. The zero-order valence-corrected chi connectivity index (χ0v) is 16.8. The fraction of sp³-hybridized carbons (Fsp3) is 0.0833. The first-order valence-corrected chi connectivity index (χ1v) is 9.35. The number of aryl methyl sites for hydroxylation is 2. The number of benzene rings is 3. The largest absolute Gasteiger partial charge is 0.244 e. The minimum absolute atomic E-state index is 0. The van der Waals surface area contributed by atoms with Crippen LogP contribution in [0.5, 0.6) is 0 Å². The summed E-state index contributed by atoms with van der Waals surface area (Å²) in [6, 6.07) is 20.9. The lowest BCUT2D eigenvalue weighted by atomic mass is 9.90. The van der Waals surface area contributed by atoms with Gasteiger partial charge in [-0.3, -0.25) is 0 Å². The quantitative estimate of drug-likeness (QED) is 0.340. The van der Waals surface area contributed by atoms with E-state index in [1.165, 1.54) is 27.5 Å². The summed E-state index contributed by atoms with van der Waals surface area (Å²) in [6.45, 7) is 0. The first-order chi connectivity index (χ1) is 13.9. The molecule has 3 aromatic carbocycles. The first kappa shape index (κ1) is 19.0. The summed E-state index contributed by atoms with van der Waals surface area (Å²) in [5.74, 6) is 0. The van der Waals surface area contributed by atoms with E-state index in [-0.39, 0.29) is 13.5 Å². The number of hydrogen-bond donors (Lipinski definition) is 0. The molecule has 1 aliphatic rings. The van der Waals surface area contributed by atoms with E-state index in [1.54, 1.807) is 12.7 Å². The van der Waals surface area contributed by atoms with Crippen LogP contribution >= 0.6 is 13.5 Å². The van der Waals surface area contributed by atoms with Crippen LogP contribution in [0.3, 0.4) is 0 Å². The van der Waals surface area contributed by atoms with Crippen molar-refractivity contribution in [3.05, 3.63) is 96.8 Å². The van der Waals surface area contributed by atoms with Gasteiger partial charge >= 0.3 is 0 Å². The van der Waals surface area contributed by atoms with Crippen molar-refractivity contribution in [1.82, 2.24) is 19.9 Å². The van der Waals surface area contributed by atoms with Gasteiger partial charge in [-0.15, -0.1) is 0 Å². The maximum Gasteiger partial charge on any atom is 0.116 e. The molecule has 0 unspecified atom stereocenters. The SMILES string of the molecule is S.c1ccc2c(c1)CCc1cncnc1-2.c1ccc2c(c1)ccc1cncnc12.